The van der Waals surface area contributed by atoms with Crippen LogP contribution >= 0.6 is 11.8 Å². The first kappa shape index (κ1) is 17.0. The summed E-state index contributed by atoms with van der Waals surface area (Å²) < 4.78 is 7.49. The second-order valence-corrected chi connectivity index (χ2v) is 6.80. The van der Waals surface area contributed by atoms with Gasteiger partial charge in [0.15, 0.2) is 16.7 Å². The van der Waals surface area contributed by atoms with Gasteiger partial charge in [0.05, 0.1) is 12.8 Å². The first-order valence-corrected chi connectivity index (χ1v) is 8.99. The van der Waals surface area contributed by atoms with E-state index in [2.05, 4.69) is 26.5 Å². The number of hydrogen-bond donors (Lipinski definition) is 0. The van der Waals surface area contributed by atoms with Crippen molar-refractivity contribution in [3.8, 4) is 17.5 Å². The van der Waals surface area contributed by atoms with E-state index in [1.165, 1.54) is 11.8 Å². The molecule has 3 aromatic heterocycles. The summed E-state index contributed by atoms with van der Waals surface area (Å²) in [4.78, 5) is 0. The molecule has 0 bridgehead atoms. The molecular formula is C19H14N6OS. The number of aryl methyl sites for hydroxylation is 1. The average molecular weight is 374 g/mol. The Morgan fingerprint density at radius 1 is 1.07 bits per heavy atom. The van der Waals surface area contributed by atoms with Crippen LogP contribution in [0.15, 0.2) is 69.4 Å². The highest BCUT2D eigenvalue weighted by atomic mass is 32.2. The Morgan fingerprint density at radius 3 is 2.70 bits per heavy atom. The van der Waals surface area contributed by atoms with Crippen molar-refractivity contribution in [1.82, 2.24) is 25.0 Å². The molecule has 3 heterocycles. The van der Waals surface area contributed by atoms with E-state index in [1.807, 2.05) is 47.9 Å². The Balaban J connectivity index is 1.73. The molecule has 0 atom stereocenters. The van der Waals surface area contributed by atoms with Crippen molar-refractivity contribution in [2.75, 3.05) is 0 Å². The van der Waals surface area contributed by atoms with Gasteiger partial charge in [-0.15, -0.1) is 20.4 Å². The Hall–Kier alpha value is -3.44. The number of furan rings is 1. The van der Waals surface area contributed by atoms with E-state index in [9.17, 15) is 0 Å². The van der Waals surface area contributed by atoms with Gasteiger partial charge in [0.25, 0.3) is 0 Å². The van der Waals surface area contributed by atoms with Crippen molar-refractivity contribution in [3.63, 3.8) is 0 Å². The van der Waals surface area contributed by atoms with Crippen molar-refractivity contribution in [1.29, 1.82) is 5.26 Å². The Morgan fingerprint density at radius 2 is 2.00 bits per heavy atom. The predicted octanol–water partition coefficient (Wildman–Crippen LogP) is 3.71. The van der Waals surface area contributed by atoms with Crippen LogP contribution in [0.2, 0.25) is 0 Å². The first-order valence-electron chi connectivity index (χ1n) is 8.17. The summed E-state index contributed by atoms with van der Waals surface area (Å²) in [5, 5.41) is 26.8. The monoisotopic (exact) mass is 374 g/mol. The van der Waals surface area contributed by atoms with Crippen LogP contribution in [0.4, 0.5) is 0 Å². The van der Waals surface area contributed by atoms with Crippen LogP contribution in [0.5, 0.6) is 0 Å². The van der Waals surface area contributed by atoms with E-state index in [0.717, 1.165) is 22.7 Å². The fourth-order valence-electron chi connectivity index (χ4n) is 2.59. The van der Waals surface area contributed by atoms with Crippen molar-refractivity contribution < 1.29 is 4.42 Å². The number of hydrogen-bond acceptors (Lipinski definition) is 7. The minimum absolute atomic E-state index is 0.275. The number of rotatable bonds is 5. The van der Waals surface area contributed by atoms with Crippen molar-refractivity contribution >= 4 is 11.8 Å². The molecule has 0 spiro atoms. The van der Waals surface area contributed by atoms with Crippen molar-refractivity contribution in [2.24, 2.45) is 0 Å². The number of nitriles is 1. The third kappa shape index (κ3) is 3.73. The van der Waals surface area contributed by atoms with Crippen LogP contribution in [-0.4, -0.2) is 25.0 Å². The molecule has 0 aliphatic heterocycles. The molecule has 0 N–H and O–H groups in total. The van der Waals surface area contributed by atoms with E-state index >= 15 is 0 Å². The summed E-state index contributed by atoms with van der Waals surface area (Å²) in [5.74, 6) is 1.55. The van der Waals surface area contributed by atoms with Gasteiger partial charge in [0, 0.05) is 5.56 Å². The third-order valence-corrected chi connectivity index (χ3v) is 4.75. The molecule has 0 fully saturated rings. The lowest BCUT2D eigenvalue weighted by molar-refractivity contribution is 0.485. The van der Waals surface area contributed by atoms with Gasteiger partial charge in [-0.2, -0.15) is 5.26 Å². The molecule has 0 aliphatic rings. The Bertz CT molecular complexity index is 1100. The van der Waals surface area contributed by atoms with Gasteiger partial charge in [0.2, 0.25) is 0 Å². The Kier molecular flexibility index (Phi) is 4.68. The highest BCUT2D eigenvalue weighted by molar-refractivity contribution is 7.99. The summed E-state index contributed by atoms with van der Waals surface area (Å²) in [6, 6.07) is 17.2. The van der Waals surface area contributed by atoms with Crippen molar-refractivity contribution in [2.45, 2.75) is 23.7 Å². The summed E-state index contributed by atoms with van der Waals surface area (Å²) in [7, 11) is 0. The molecule has 0 aliphatic carbocycles. The van der Waals surface area contributed by atoms with Gasteiger partial charge in [-0.05, 0) is 49.0 Å². The smallest absolute Gasteiger partial charge is 0.198 e. The second-order valence-electron chi connectivity index (χ2n) is 5.81. The zero-order valence-corrected chi connectivity index (χ0v) is 15.2. The van der Waals surface area contributed by atoms with E-state index in [0.29, 0.717) is 16.7 Å². The van der Waals surface area contributed by atoms with Gasteiger partial charge in [-0.3, -0.25) is 4.57 Å². The molecule has 4 rings (SSSR count). The molecule has 4 aromatic rings. The quantitative estimate of drug-likeness (QED) is 0.525. The predicted molar refractivity (Wildman–Crippen MR) is 98.9 cm³/mol. The van der Waals surface area contributed by atoms with E-state index in [-0.39, 0.29) is 5.69 Å². The zero-order valence-electron chi connectivity index (χ0n) is 14.4. The SMILES string of the molecule is Cc1cccc(-c2nnc(Sc3ccc(C#N)nn3)n2Cc2ccco2)c1. The summed E-state index contributed by atoms with van der Waals surface area (Å²) >= 11 is 1.34. The highest BCUT2D eigenvalue weighted by Crippen LogP contribution is 2.29. The molecule has 0 radical (unpaired) electrons. The number of nitrogens with zero attached hydrogens (tertiary/aromatic N) is 6. The normalized spacial score (nSPS) is 10.7. The molecule has 8 heteroatoms. The molecular weight excluding hydrogens is 360 g/mol. The molecule has 7 nitrogen and oxygen atoms in total. The van der Waals surface area contributed by atoms with Crippen LogP contribution in [0, 0.1) is 18.3 Å². The summed E-state index contributed by atoms with van der Waals surface area (Å²) in [5.41, 5.74) is 2.40. The molecule has 0 saturated carbocycles. The Labute approximate surface area is 159 Å². The minimum Gasteiger partial charge on any atom is -0.467 e. The average Bonchev–Trinajstić information content (AvgIpc) is 3.33. The van der Waals surface area contributed by atoms with E-state index < -0.39 is 0 Å². The lowest BCUT2D eigenvalue weighted by Gasteiger charge is -2.09. The molecule has 0 unspecified atom stereocenters. The van der Waals surface area contributed by atoms with Crippen molar-refractivity contribution in [3.05, 3.63) is 71.8 Å². The van der Waals surface area contributed by atoms with E-state index in [4.69, 9.17) is 9.68 Å². The molecule has 0 saturated heterocycles. The lowest BCUT2D eigenvalue weighted by atomic mass is 10.1. The van der Waals surface area contributed by atoms with Gasteiger partial charge in [0.1, 0.15) is 16.9 Å². The van der Waals surface area contributed by atoms with Gasteiger partial charge in [-0.1, -0.05) is 23.8 Å². The fraction of sp³-hybridized carbons (Fsp3) is 0.105. The fourth-order valence-corrected chi connectivity index (χ4v) is 3.34. The summed E-state index contributed by atoms with van der Waals surface area (Å²) in [6.07, 6.45) is 1.64. The minimum atomic E-state index is 0.275. The molecule has 27 heavy (non-hydrogen) atoms. The van der Waals surface area contributed by atoms with Crippen LogP contribution in [0.1, 0.15) is 17.0 Å². The maximum atomic E-state index is 8.86. The summed E-state index contributed by atoms with van der Waals surface area (Å²) in [6.45, 7) is 2.54. The second kappa shape index (κ2) is 7.43. The van der Waals surface area contributed by atoms with Gasteiger partial charge < -0.3 is 4.42 Å². The highest BCUT2D eigenvalue weighted by Gasteiger charge is 2.17. The lowest BCUT2D eigenvalue weighted by Crippen LogP contribution is -2.03. The molecule has 0 amide bonds. The number of benzene rings is 1. The molecule has 132 valence electrons. The third-order valence-electron chi connectivity index (χ3n) is 3.84. The van der Waals surface area contributed by atoms with Gasteiger partial charge >= 0.3 is 0 Å². The topological polar surface area (TPSA) is 93.4 Å². The standard InChI is InChI=1S/C19H14N6OS/c1-13-4-2-5-14(10-13)18-23-24-19(25(18)12-16-6-3-9-26-16)27-17-8-7-15(11-20)21-22-17/h2-10H,12H2,1H3. The number of aromatic nitrogens is 5. The van der Waals surface area contributed by atoms with Gasteiger partial charge in [-0.25, -0.2) is 0 Å². The zero-order chi connectivity index (χ0) is 18.6. The largest absolute Gasteiger partial charge is 0.467 e. The maximum absolute atomic E-state index is 8.86. The maximum Gasteiger partial charge on any atom is 0.198 e. The van der Waals surface area contributed by atoms with Crippen LogP contribution in [0.25, 0.3) is 11.4 Å². The van der Waals surface area contributed by atoms with Crippen LogP contribution < -0.4 is 0 Å². The van der Waals surface area contributed by atoms with Crippen LogP contribution in [0.3, 0.4) is 0 Å². The molecule has 1 aromatic carbocycles. The van der Waals surface area contributed by atoms with E-state index in [1.54, 1.807) is 18.4 Å². The van der Waals surface area contributed by atoms with Crippen LogP contribution in [-0.2, 0) is 6.54 Å². The first-order chi connectivity index (χ1) is 13.2.